The third kappa shape index (κ3) is 6.71. The lowest BCUT2D eigenvalue weighted by molar-refractivity contribution is 0.101. The van der Waals surface area contributed by atoms with Gasteiger partial charge in [0.2, 0.25) is 0 Å². The van der Waals surface area contributed by atoms with E-state index in [9.17, 15) is 9.18 Å². The van der Waals surface area contributed by atoms with Crippen LogP contribution in [0.2, 0.25) is 10.0 Å². The van der Waals surface area contributed by atoms with E-state index in [0.717, 1.165) is 10.5 Å². The van der Waals surface area contributed by atoms with Crippen molar-refractivity contribution in [2.45, 2.75) is 20.7 Å². The predicted molar refractivity (Wildman–Crippen MR) is 133 cm³/mol. The number of halogens is 3. The zero-order chi connectivity index (χ0) is 23.2. The highest BCUT2D eigenvalue weighted by Crippen LogP contribution is 2.32. The van der Waals surface area contributed by atoms with Crippen molar-refractivity contribution in [1.82, 2.24) is 9.97 Å². The molecular formula is C24H16Cl2FN3OS2. The maximum absolute atomic E-state index is 13.2. The molecule has 0 unspecified atom stereocenters. The molecule has 1 aromatic heterocycles. The molecule has 0 fully saturated rings. The summed E-state index contributed by atoms with van der Waals surface area (Å²) in [5.41, 5.74) is 1.76. The standard InChI is InChI=1S/C24H16Cl2FN3OS2/c25-16-3-1-15(2-4-16)14-32-24-28-13-21(33-20-11-5-17(26)6-12-20)22(30-24)23(31)29-19-9-7-18(27)8-10-19/h1-13H,14H2,(H,29,31). The second kappa shape index (κ2) is 11.0. The first-order valence-corrected chi connectivity index (χ1v) is 12.3. The van der Waals surface area contributed by atoms with E-state index in [1.165, 1.54) is 47.8 Å². The van der Waals surface area contributed by atoms with Crippen molar-refractivity contribution in [1.29, 1.82) is 0 Å². The van der Waals surface area contributed by atoms with Gasteiger partial charge in [-0.2, -0.15) is 0 Å². The van der Waals surface area contributed by atoms with Crippen molar-refractivity contribution in [3.8, 4) is 0 Å². The Morgan fingerprint density at radius 2 is 1.55 bits per heavy atom. The molecule has 0 spiro atoms. The minimum Gasteiger partial charge on any atom is -0.321 e. The van der Waals surface area contributed by atoms with Crippen molar-refractivity contribution in [2.24, 2.45) is 0 Å². The molecule has 0 radical (unpaired) electrons. The largest absolute Gasteiger partial charge is 0.321 e. The van der Waals surface area contributed by atoms with Gasteiger partial charge in [0.15, 0.2) is 5.16 Å². The van der Waals surface area contributed by atoms with E-state index in [1.54, 1.807) is 18.3 Å². The predicted octanol–water partition coefficient (Wildman–Crippen LogP) is 7.62. The fourth-order valence-corrected chi connectivity index (χ4v) is 4.63. The van der Waals surface area contributed by atoms with E-state index < -0.39 is 5.91 Å². The number of aromatic nitrogens is 2. The average molecular weight is 516 g/mol. The molecular weight excluding hydrogens is 500 g/mol. The fourth-order valence-electron chi connectivity index (χ4n) is 2.74. The summed E-state index contributed by atoms with van der Waals surface area (Å²) in [5.74, 6) is -0.163. The van der Waals surface area contributed by atoms with Gasteiger partial charge in [-0.1, -0.05) is 58.9 Å². The average Bonchev–Trinajstić information content (AvgIpc) is 2.82. The molecule has 0 atom stereocenters. The summed E-state index contributed by atoms with van der Waals surface area (Å²) in [6.07, 6.45) is 1.63. The number of nitrogens with zero attached hydrogens (tertiary/aromatic N) is 2. The van der Waals surface area contributed by atoms with Gasteiger partial charge in [0.05, 0.1) is 4.90 Å². The summed E-state index contributed by atoms with van der Waals surface area (Å²) in [5, 5.41) is 4.53. The summed E-state index contributed by atoms with van der Waals surface area (Å²) in [6.45, 7) is 0. The molecule has 0 aliphatic heterocycles. The Bertz CT molecular complexity index is 1250. The van der Waals surface area contributed by atoms with E-state index in [-0.39, 0.29) is 11.5 Å². The number of nitrogens with one attached hydrogen (secondary N) is 1. The molecule has 0 bridgehead atoms. The topological polar surface area (TPSA) is 54.9 Å². The van der Waals surface area contributed by atoms with E-state index in [2.05, 4.69) is 15.3 Å². The van der Waals surface area contributed by atoms with E-state index in [4.69, 9.17) is 23.2 Å². The van der Waals surface area contributed by atoms with E-state index in [0.29, 0.717) is 31.5 Å². The van der Waals surface area contributed by atoms with Crippen LogP contribution in [0, 0.1) is 5.82 Å². The molecule has 1 heterocycles. The zero-order valence-corrected chi connectivity index (χ0v) is 20.1. The summed E-state index contributed by atoms with van der Waals surface area (Å²) >= 11 is 14.7. The van der Waals surface area contributed by atoms with Crippen molar-refractivity contribution in [3.63, 3.8) is 0 Å². The molecule has 0 saturated heterocycles. The van der Waals surface area contributed by atoms with Gasteiger partial charge in [0.25, 0.3) is 5.91 Å². The Morgan fingerprint density at radius 3 is 2.21 bits per heavy atom. The molecule has 166 valence electrons. The lowest BCUT2D eigenvalue weighted by atomic mass is 10.2. The second-order valence-electron chi connectivity index (χ2n) is 6.80. The molecule has 4 nitrogen and oxygen atoms in total. The highest BCUT2D eigenvalue weighted by atomic mass is 35.5. The first-order valence-electron chi connectivity index (χ1n) is 9.71. The molecule has 1 N–H and O–H groups in total. The fraction of sp³-hybridized carbons (Fsp3) is 0.0417. The minimum absolute atomic E-state index is 0.230. The van der Waals surface area contributed by atoms with Gasteiger partial charge in [-0.3, -0.25) is 4.79 Å². The summed E-state index contributed by atoms with van der Waals surface area (Å²) < 4.78 is 13.2. The second-order valence-corrected chi connectivity index (χ2v) is 9.73. The van der Waals surface area contributed by atoms with Crippen molar-refractivity contribution in [3.05, 3.63) is 106 Å². The van der Waals surface area contributed by atoms with Crippen molar-refractivity contribution >= 4 is 58.3 Å². The SMILES string of the molecule is O=C(Nc1ccc(F)cc1)c1nc(SCc2ccc(Cl)cc2)ncc1Sc1ccc(Cl)cc1. The van der Waals surface area contributed by atoms with Crippen LogP contribution >= 0.6 is 46.7 Å². The molecule has 0 aliphatic carbocycles. The first-order chi connectivity index (χ1) is 16.0. The van der Waals surface area contributed by atoms with E-state index >= 15 is 0 Å². The Hall–Kier alpha value is -2.58. The van der Waals surface area contributed by atoms with Crippen LogP contribution < -0.4 is 5.32 Å². The third-order valence-corrected chi connectivity index (χ3v) is 6.84. The van der Waals surface area contributed by atoms with Crippen LogP contribution in [0.15, 0.2) is 93.9 Å². The number of hydrogen-bond acceptors (Lipinski definition) is 5. The Labute approximate surface area is 209 Å². The first kappa shape index (κ1) is 23.6. The van der Waals surface area contributed by atoms with E-state index in [1.807, 2.05) is 36.4 Å². The smallest absolute Gasteiger partial charge is 0.275 e. The van der Waals surface area contributed by atoms with Crippen LogP contribution in [-0.4, -0.2) is 15.9 Å². The Morgan fingerprint density at radius 1 is 0.909 bits per heavy atom. The number of carbonyl (C=O) groups is 1. The maximum Gasteiger partial charge on any atom is 0.275 e. The zero-order valence-electron chi connectivity index (χ0n) is 17.0. The lowest BCUT2D eigenvalue weighted by Crippen LogP contribution is -2.16. The van der Waals surface area contributed by atoms with Crippen LogP contribution in [0.25, 0.3) is 0 Å². The van der Waals surface area contributed by atoms with Gasteiger partial charge >= 0.3 is 0 Å². The van der Waals surface area contributed by atoms with Gasteiger partial charge in [0.1, 0.15) is 11.5 Å². The number of thioether (sulfide) groups is 1. The quantitative estimate of drug-likeness (QED) is 0.202. The van der Waals surface area contributed by atoms with Gasteiger partial charge in [-0.15, -0.1) is 0 Å². The minimum atomic E-state index is -0.409. The number of anilines is 1. The van der Waals surface area contributed by atoms with Crippen LogP contribution in [0.4, 0.5) is 10.1 Å². The summed E-state index contributed by atoms with van der Waals surface area (Å²) in [6, 6.07) is 20.3. The summed E-state index contributed by atoms with van der Waals surface area (Å²) in [7, 11) is 0. The highest BCUT2D eigenvalue weighted by molar-refractivity contribution is 7.99. The van der Waals surface area contributed by atoms with Gasteiger partial charge in [-0.05, 0) is 66.2 Å². The number of amides is 1. The number of benzene rings is 3. The van der Waals surface area contributed by atoms with Gasteiger partial charge < -0.3 is 5.32 Å². The molecule has 4 aromatic rings. The summed E-state index contributed by atoms with van der Waals surface area (Å²) in [4.78, 5) is 23.5. The maximum atomic E-state index is 13.2. The van der Waals surface area contributed by atoms with Crippen LogP contribution in [0.3, 0.4) is 0 Å². The highest BCUT2D eigenvalue weighted by Gasteiger charge is 2.17. The van der Waals surface area contributed by atoms with Crippen molar-refractivity contribution < 1.29 is 9.18 Å². The van der Waals surface area contributed by atoms with Gasteiger partial charge in [0, 0.05) is 32.6 Å². The monoisotopic (exact) mass is 515 g/mol. The third-order valence-electron chi connectivity index (χ3n) is 4.37. The molecule has 0 aliphatic rings. The molecule has 3 aromatic carbocycles. The van der Waals surface area contributed by atoms with Crippen LogP contribution in [0.1, 0.15) is 16.1 Å². The number of carbonyl (C=O) groups excluding carboxylic acids is 1. The van der Waals surface area contributed by atoms with Gasteiger partial charge in [-0.25, -0.2) is 14.4 Å². The normalized spacial score (nSPS) is 10.8. The molecule has 1 amide bonds. The molecule has 9 heteroatoms. The Balaban J connectivity index is 1.58. The molecule has 4 rings (SSSR count). The molecule has 0 saturated carbocycles. The lowest BCUT2D eigenvalue weighted by Gasteiger charge is -2.11. The van der Waals surface area contributed by atoms with Crippen LogP contribution in [0.5, 0.6) is 0 Å². The van der Waals surface area contributed by atoms with Crippen molar-refractivity contribution in [2.75, 3.05) is 5.32 Å². The number of rotatable bonds is 7. The Kier molecular flexibility index (Phi) is 7.88. The van der Waals surface area contributed by atoms with Crippen LogP contribution in [-0.2, 0) is 5.75 Å². The molecule has 33 heavy (non-hydrogen) atoms. The number of hydrogen-bond donors (Lipinski definition) is 1.